The maximum atomic E-state index is 13.8. The lowest BCUT2D eigenvalue weighted by Gasteiger charge is -2.31. The summed E-state index contributed by atoms with van der Waals surface area (Å²) in [4.78, 5) is 22.4. The average molecular weight is 404 g/mol. The molecule has 29 heavy (non-hydrogen) atoms. The smallest absolute Gasteiger partial charge is 0.275 e. The molecule has 2 aromatic heterocycles. The average Bonchev–Trinajstić information content (AvgIpc) is 3.24. The van der Waals surface area contributed by atoms with Gasteiger partial charge in [-0.25, -0.2) is 9.37 Å². The molecule has 4 heterocycles. The Balaban J connectivity index is 1.19. The summed E-state index contributed by atoms with van der Waals surface area (Å²) in [6.07, 6.45) is 5.33. The summed E-state index contributed by atoms with van der Waals surface area (Å²) >= 11 is 0. The van der Waals surface area contributed by atoms with Gasteiger partial charge in [-0.15, -0.1) is 0 Å². The predicted molar refractivity (Wildman–Crippen MR) is 99.9 cm³/mol. The van der Waals surface area contributed by atoms with Gasteiger partial charge in [-0.3, -0.25) is 4.79 Å². The molecule has 1 amide bonds. The van der Waals surface area contributed by atoms with E-state index in [0.29, 0.717) is 50.7 Å². The van der Waals surface area contributed by atoms with E-state index in [0.717, 1.165) is 26.1 Å². The SMILES string of the molecule is O=C(c1ncccc1F)N1CCC(OCCc2noc(C3CCOCC3)n2)CC1. The first-order valence-corrected chi connectivity index (χ1v) is 10.1. The zero-order valence-electron chi connectivity index (χ0n) is 16.3. The molecular weight excluding hydrogens is 379 g/mol. The quantitative estimate of drug-likeness (QED) is 0.730. The standard InChI is InChI=1S/C20H25FN4O4/c21-16-2-1-8-22-18(16)20(26)25-9-3-15(4-10-25)28-13-7-17-23-19(29-24-17)14-5-11-27-12-6-14/h1-2,8,14-15H,3-7,9-13H2. The minimum Gasteiger partial charge on any atom is -0.381 e. The van der Waals surface area contributed by atoms with Crippen molar-refractivity contribution in [3.05, 3.63) is 41.6 Å². The summed E-state index contributed by atoms with van der Waals surface area (Å²) < 4.78 is 30.4. The fraction of sp³-hybridized carbons (Fsp3) is 0.600. The Hall–Kier alpha value is -2.39. The van der Waals surface area contributed by atoms with E-state index >= 15 is 0 Å². The topological polar surface area (TPSA) is 90.6 Å². The number of halogens is 1. The van der Waals surface area contributed by atoms with Crippen LogP contribution in [0.2, 0.25) is 0 Å². The molecule has 4 rings (SSSR count). The van der Waals surface area contributed by atoms with E-state index in [-0.39, 0.29) is 23.6 Å². The summed E-state index contributed by atoms with van der Waals surface area (Å²) in [7, 11) is 0. The third-order valence-corrected chi connectivity index (χ3v) is 5.42. The van der Waals surface area contributed by atoms with Crippen LogP contribution in [-0.4, -0.2) is 64.9 Å². The van der Waals surface area contributed by atoms with Crippen LogP contribution in [0, 0.1) is 5.82 Å². The van der Waals surface area contributed by atoms with Gasteiger partial charge >= 0.3 is 0 Å². The van der Waals surface area contributed by atoms with Crippen molar-refractivity contribution in [2.24, 2.45) is 0 Å². The van der Waals surface area contributed by atoms with Crippen molar-refractivity contribution in [3.8, 4) is 0 Å². The number of amides is 1. The number of nitrogens with zero attached hydrogens (tertiary/aromatic N) is 4. The van der Waals surface area contributed by atoms with Crippen LogP contribution in [0.3, 0.4) is 0 Å². The van der Waals surface area contributed by atoms with Gasteiger partial charge < -0.3 is 18.9 Å². The van der Waals surface area contributed by atoms with E-state index in [2.05, 4.69) is 15.1 Å². The van der Waals surface area contributed by atoms with E-state index in [1.165, 1.54) is 18.3 Å². The molecule has 156 valence electrons. The molecule has 0 atom stereocenters. The second-order valence-electron chi connectivity index (χ2n) is 7.38. The minimum atomic E-state index is -0.587. The number of rotatable bonds is 6. The molecule has 2 fully saturated rings. The van der Waals surface area contributed by atoms with Crippen LogP contribution < -0.4 is 0 Å². The highest BCUT2D eigenvalue weighted by Crippen LogP contribution is 2.25. The highest BCUT2D eigenvalue weighted by atomic mass is 19.1. The van der Waals surface area contributed by atoms with Gasteiger partial charge in [0.05, 0.1) is 12.7 Å². The van der Waals surface area contributed by atoms with E-state index < -0.39 is 5.82 Å². The maximum absolute atomic E-state index is 13.8. The molecule has 2 aliphatic heterocycles. The van der Waals surface area contributed by atoms with Crippen LogP contribution in [0.5, 0.6) is 0 Å². The number of pyridine rings is 1. The monoisotopic (exact) mass is 404 g/mol. The van der Waals surface area contributed by atoms with E-state index in [1.54, 1.807) is 4.90 Å². The van der Waals surface area contributed by atoms with Crippen LogP contribution in [0.1, 0.15) is 53.8 Å². The van der Waals surface area contributed by atoms with Crippen molar-refractivity contribution < 1.29 is 23.2 Å². The Morgan fingerprint density at radius 1 is 1.24 bits per heavy atom. The van der Waals surface area contributed by atoms with Crippen molar-refractivity contribution in [2.45, 2.75) is 44.1 Å². The van der Waals surface area contributed by atoms with Crippen molar-refractivity contribution in [3.63, 3.8) is 0 Å². The molecule has 0 saturated carbocycles. The molecule has 8 nitrogen and oxygen atoms in total. The number of hydrogen-bond acceptors (Lipinski definition) is 7. The largest absolute Gasteiger partial charge is 0.381 e. The minimum absolute atomic E-state index is 0.0643. The second-order valence-corrected chi connectivity index (χ2v) is 7.38. The van der Waals surface area contributed by atoms with E-state index in [9.17, 15) is 9.18 Å². The van der Waals surface area contributed by atoms with Gasteiger partial charge in [0, 0.05) is 44.8 Å². The molecule has 0 bridgehead atoms. The van der Waals surface area contributed by atoms with E-state index in [4.69, 9.17) is 14.0 Å². The maximum Gasteiger partial charge on any atom is 0.275 e. The Bertz CT molecular complexity index is 816. The second kappa shape index (κ2) is 9.41. The van der Waals surface area contributed by atoms with Crippen molar-refractivity contribution >= 4 is 5.91 Å². The summed E-state index contributed by atoms with van der Waals surface area (Å²) in [5.74, 6) is 0.684. The fourth-order valence-electron chi connectivity index (χ4n) is 3.71. The Morgan fingerprint density at radius 2 is 2.03 bits per heavy atom. The van der Waals surface area contributed by atoms with Crippen LogP contribution in [0.25, 0.3) is 0 Å². The summed E-state index contributed by atoms with van der Waals surface area (Å²) in [5, 5.41) is 4.05. The van der Waals surface area contributed by atoms with Crippen molar-refractivity contribution in [1.29, 1.82) is 0 Å². The third kappa shape index (κ3) is 4.97. The van der Waals surface area contributed by atoms with Gasteiger partial charge in [0.2, 0.25) is 5.89 Å². The molecule has 2 saturated heterocycles. The number of aromatic nitrogens is 3. The first kappa shape index (κ1) is 19.9. The molecule has 0 N–H and O–H groups in total. The summed E-state index contributed by atoms with van der Waals surface area (Å²) in [6.45, 7) is 3.02. The molecule has 2 aromatic rings. The summed E-state index contributed by atoms with van der Waals surface area (Å²) in [6, 6.07) is 2.73. The van der Waals surface area contributed by atoms with Crippen LogP contribution in [0.15, 0.2) is 22.9 Å². The lowest BCUT2D eigenvalue weighted by molar-refractivity contribution is 0.00919. The number of carbonyl (C=O) groups is 1. The lowest BCUT2D eigenvalue weighted by Crippen LogP contribution is -2.41. The first-order valence-electron chi connectivity index (χ1n) is 10.1. The number of carbonyl (C=O) groups excluding carboxylic acids is 1. The fourth-order valence-corrected chi connectivity index (χ4v) is 3.71. The molecule has 2 aliphatic rings. The molecule has 9 heteroatoms. The van der Waals surface area contributed by atoms with Gasteiger partial charge in [-0.05, 0) is 37.8 Å². The van der Waals surface area contributed by atoms with Gasteiger partial charge in [0.15, 0.2) is 17.3 Å². The molecule has 0 unspecified atom stereocenters. The van der Waals surface area contributed by atoms with Gasteiger partial charge in [0.25, 0.3) is 5.91 Å². The highest BCUT2D eigenvalue weighted by molar-refractivity contribution is 5.92. The zero-order chi connectivity index (χ0) is 20.1. The molecule has 0 radical (unpaired) electrons. The Morgan fingerprint density at radius 3 is 2.79 bits per heavy atom. The molecular formula is C20H25FN4O4. The number of piperidine rings is 1. The normalized spacial score (nSPS) is 18.9. The lowest BCUT2D eigenvalue weighted by atomic mass is 10.0. The highest BCUT2D eigenvalue weighted by Gasteiger charge is 2.27. The zero-order valence-corrected chi connectivity index (χ0v) is 16.3. The van der Waals surface area contributed by atoms with Gasteiger partial charge in [-0.1, -0.05) is 5.16 Å². The van der Waals surface area contributed by atoms with Crippen LogP contribution in [0.4, 0.5) is 4.39 Å². The number of likely N-dealkylation sites (tertiary alicyclic amines) is 1. The van der Waals surface area contributed by atoms with Gasteiger partial charge in [-0.2, -0.15) is 4.98 Å². The van der Waals surface area contributed by atoms with Crippen molar-refractivity contribution in [2.75, 3.05) is 32.9 Å². The molecule has 0 spiro atoms. The third-order valence-electron chi connectivity index (χ3n) is 5.42. The Kier molecular flexibility index (Phi) is 6.46. The van der Waals surface area contributed by atoms with Crippen LogP contribution >= 0.6 is 0 Å². The van der Waals surface area contributed by atoms with Crippen molar-refractivity contribution in [1.82, 2.24) is 20.0 Å². The first-order chi connectivity index (χ1) is 14.2. The van der Waals surface area contributed by atoms with E-state index in [1.807, 2.05) is 0 Å². The predicted octanol–water partition coefficient (Wildman–Crippen LogP) is 2.36. The molecule has 0 aromatic carbocycles. The van der Waals surface area contributed by atoms with Gasteiger partial charge in [0.1, 0.15) is 0 Å². The molecule has 0 aliphatic carbocycles. The number of ether oxygens (including phenoxy) is 2. The number of hydrogen-bond donors (Lipinski definition) is 0. The Labute approximate surface area is 168 Å². The summed E-state index contributed by atoms with van der Waals surface area (Å²) in [5.41, 5.74) is -0.121. The van der Waals surface area contributed by atoms with Crippen LogP contribution in [-0.2, 0) is 15.9 Å².